The summed E-state index contributed by atoms with van der Waals surface area (Å²) in [5.74, 6) is 2.33. The summed E-state index contributed by atoms with van der Waals surface area (Å²) < 4.78 is 0. The Morgan fingerprint density at radius 3 is 3.00 bits per heavy atom. The Morgan fingerprint density at radius 2 is 2.12 bits per heavy atom. The quantitative estimate of drug-likeness (QED) is 0.763. The van der Waals surface area contributed by atoms with E-state index in [-0.39, 0.29) is 0 Å². The van der Waals surface area contributed by atoms with Crippen molar-refractivity contribution in [2.45, 2.75) is 31.1 Å². The Kier molecular flexibility index (Phi) is 5.36. The minimum Gasteiger partial charge on any atom is -0.396 e. The average molecular weight is 251 g/mol. The van der Waals surface area contributed by atoms with E-state index < -0.39 is 0 Å². The van der Waals surface area contributed by atoms with Crippen molar-refractivity contribution in [2.24, 2.45) is 0 Å². The van der Waals surface area contributed by atoms with Gasteiger partial charge < -0.3 is 10.4 Å². The number of nitrogens with one attached hydrogen (secondary N) is 1. The van der Waals surface area contributed by atoms with Crippen molar-refractivity contribution in [1.82, 2.24) is 5.32 Å². The van der Waals surface area contributed by atoms with Crippen molar-refractivity contribution >= 4 is 11.8 Å². The number of thioether (sulfide) groups is 1. The largest absolute Gasteiger partial charge is 0.396 e. The van der Waals surface area contributed by atoms with Crippen LogP contribution in [-0.2, 0) is 5.75 Å². The monoisotopic (exact) mass is 251 g/mol. The molecule has 0 aliphatic carbocycles. The predicted molar refractivity (Wildman–Crippen MR) is 74.3 cm³/mol. The van der Waals surface area contributed by atoms with E-state index in [1.165, 1.54) is 16.9 Å². The second-order valence-corrected chi connectivity index (χ2v) is 5.54. The molecule has 2 nitrogen and oxygen atoms in total. The van der Waals surface area contributed by atoms with Gasteiger partial charge in [0.05, 0.1) is 0 Å². The van der Waals surface area contributed by atoms with Crippen molar-refractivity contribution in [3.63, 3.8) is 0 Å². The molecule has 0 saturated heterocycles. The van der Waals surface area contributed by atoms with Gasteiger partial charge in [-0.3, -0.25) is 0 Å². The highest BCUT2D eigenvalue weighted by molar-refractivity contribution is 7.98. The molecule has 0 aromatic heterocycles. The minimum absolute atomic E-state index is 0.322. The van der Waals surface area contributed by atoms with Crippen LogP contribution >= 0.6 is 11.8 Å². The minimum atomic E-state index is 0.322. The van der Waals surface area contributed by atoms with Gasteiger partial charge in [0.1, 0.15) is 0 Å². The molecule has 94 valence electrons. The highest BCUT2D eigenvalue weighted by Crippen LogP contribution is 2.31. The van der Waals surface area contributed by atoms with E-state index in [1.54, 1.807) is 0 Å². The van der Waals surface area contributed by atoms with E-state index in [1.807, 2.05) is 11.8 Å². The fraction of sp³-hybridized carbons (Fsp3) is 0.571. The zero-order valence-corrected chi connectivity index (χ0v) is 11.0. The molecule has 2 rings (SSSR count). The Labute approximate surface area is 108 Å². The van der Waals surface area contributed by atoms with Crippen molar-refractivity contribution in [2.75, 3.05) is 18.9 Å². The van der Waals surface area contributed by atoms with Crippen LogP contribution < -0.4 is 5.32 Å². The van der Waals surface area contributed by atoms with E-state index in [0.29, 0.717) is 12.6 Å². The van der Waals surface area contributed by atoms with Crippen molar-refractivity contribution < 1.29 is 5.11 Å². The van der Waals surface area contributed by atoms with Crippen molar-refractivity contribution in [3.05, 3.63) is 35.4 Å². The van der Waals surface area contributed by atoms with Gasteiger partial charge in [-0.1, -0.05) is 24.3 Å². The number of fused-ring (bicyclic) bond motifs is 1. The molecule has 1 aromatic rings. The maximum atomic E-state index is 8.72. The molecule has 0 bridgehead atoms. The average Bonchev–Trinajstić information content (AvgIpc) is 2.39. The molecule has 0 amide bonds. The van der Waals surface area contributed by atoms with Crippen LogP contribution in [0.3, 0.4) is 0 Å². The van der Waals surface area contributed by atoms with E-state index in [2.05, 4.69) is 29.6 Å². The zero-order valence-electron chi connectivity index (χ0n) is 10.2. The molecule has 0 spiro atoms. The second kappa shape index (κ2) is 7.04. The smallest absolute Gasteiger partial charge is 0.0431 e. The predicted octanol–water partition coefficient (Wildman–Crippen LogP) is 2.73. The molecule has 2 N–H and O–H groups in total. The lowest BCUT2D eigenvalue weighted by Crippen LogP contribution is -2.27. The first-order chi connectivity index (χ1) is 8.42. The van der Waals surface area contributed by atoms with Gasteiger partial charge in [0.15, 0.2) is 0 Å². The van der Waals surface area contributed by atoms with Crippen molar-refractivity contribution in [3.8, 4) is 0 Å². The number of unbranched alkanes of at least 4 members (excludes halogenated alkanes) is 2. The van der Waals surface area contributed by atoms with E-state index in [4.69, 9.17) is 5.11 Å². The molecule has 0 saturated carbocycles. The summed E-state index contributed by atoms with van der Waals surface area (Å²) in [5.41, 5.74) is 2.96. The Hall–Kier alpha value is -0.510. The number of aliphatic hydroxyl groups is 1. The molecule has 1 atom stereocenters. The summed E-state index contributed by atoms with van der Waals surface area (Å²) >= 11 is 2.01. The molecule has 17 heavy (non-hydrogen) atoms. The topological polar surface area (TPSA) is 32.3 Å². The van der Waals surface area contributed by atoms with Gasteiger partial charge in [-0.2, -0.15) is 11.8 Å². The molecule has 1 unspecified atom stereocenters. The summed E-state index contributed by atoms with van der Waals surface area (Å²) in [4.78, 5) is 0. The second-order valence-electron chi connectivity index (χ2n) is 4.50. The molecule has 3 heteroatoms. The third-order valence-electron chi connectivity index (χ3n) is 3.20. The highest BCUT2D eigenvalue weighted by atomic mass is 32.2. The van der Waals surface area contributed by atoms with E-state index in [0.717, 1.165) is 31.6 Å². The van der Waals surface area contributed by atoms with Crippen LogP contribution in [0.1, 0.15) is 36.4 Å². The maximum Gasteiger partial charge on any atom is 0.0431 e. The van der Waals surface area contributed by atoms with Crippen LogP contribution in [0.2, 0.25) is 0 Å². The lowest BCUT2D eigenvalue weighted by molar-refractivity contribution is 0.282. The summed E-state index contributed by atoms with van der Waals surface area (Å²) in [6, 6.07) is 9.26. The van der Waals surface area contributed by atoms with Gasteiger partial charge in [0, 0.05) is 24.2 Å². The summed E-state index contributed by atoms with van der Waals surface area (Å²) in [6.45, 7) is 1.38. The zero-order chi connectivity index (χ0) is 11.9. The Morgan fingerprint density at radius 1 is 1.24 bits per heavy atom. The van der Waals surface area contributed by atoms with Gasteiger partial charge >= 0.3 is 0 Å². The molecule has 1 aliphatic heterocycles. The summed E-state index contributed by atoms with van der Waals surface area (Å²) in [5, 5.41) is 12.4. The number of hydrogen-bond donors (Lipinski definition) is 2. The van der Waals surface area contributed by atoms with Crippen LogP contribution in [0, 0.1) is 0 Å². The lowest BCUT2D eigenvalue weighted by atomic mass is 10.0. The van der Waals surface area contributed by atoms with Gasteiger partial charge in [0.2, 0.25) is 0 Å². The van der Waals surface area contributed by atoms with Crippen LogP contribution in [-0.4, -0.2) is 24.0 Å². The van der Waals surface area contributed by atoms with Gasteiger partial charge in [-0.25, -0.2) is 0 Å². The normalized spacial score (nSPS) is 19.0. The molecular weight excluding hydrogens is 230 g/mol. The summed E-state index contributed by atoms with van der Waals surface area (Å²) in [6.07, 6.45) is 3.20. The van der Waals surface area contributed by atoms with Gasteiger partial charge in [0.25, 0.3) is 0 Å². The highest BCUT2D eigenvalue weighted by Gasteiger charge is 2.18. The fourth-order valence-electron chi connectivity index (χ4n) is 2.24. The fourth-order valence-corrected chi connectivity index (χ4v) is 3.37. The SMILES string of the molecule is OCCCCCNC1CSCc2ccccc21. The van der Waals surface area contributed by atoms with Crippen LogP contribution in [0.25, 0.3) is 0 Å². The molecule has 1 heterocycles. The first-order valence-corrected chi connectivity index (χ1v) is 7.57. The third kappa shape index (κ3) is 3.73. The Balaban J connectivity index is 1.82. The standard InChI is InChI=1S/C14H21NOS/c16-9-5-1-4-8-15-14-11-17-10-12-6-2-3-7-13(12)14/h2-3,6-7,14-16H,1,4-5,8-11H2. The molecule has 0 fully saturated rings. The number of benzene rings is 1. The van der Waals surface area contributed by atoms with Gasteiger partial charge in [-0.15, -0.1) is 0 Å². The van der Waals surface area contributed by atoms with E-state index >= 15 is 0 Å². The van der Waals surface area contributed by atoms with Gasteiger partial charge in [-0.05, 0) is 36.9 Å². The first kappa shape index (κ1) is 12.9. The number of rotatable bonds is 6. The van der Waals surface area contributed by atoms with Crippen LogP contribution in [0.15, 0.2) is 24.3 Å². The number of hydrogen-bond acceptors (Lipinski definition) is 3. The summed E-state index contributed by atoms with van der Waals surface area (Å²) in [7, 11) is 0. The number of aliphatic hydroxyl groups excluding tert-OH is 1. The van der Waals surface area contributed by atoms with Crippen LogP contribution in [0.4, 0.5) is 0 Å². The molecular formula is C14H21NOS. The first-order valence-electron chi connectivity index (χ1n) is 6.41. The van der Waals surface area contributed by atoms with E-state index in [9.17, 15) is 0 Å². The van der Waals surface area contributed by atoms with Crippen molar-refractivity contribution in [1.29, 1.82) is 0 Å². The Bertz CT molecular complexity index is 343. The third-order valence-corrected chi connectivity index (χ3v) is 4.28. The van der Waals surface area contributed by atoms with Crippen LogP contribution in [0.5, 0.6) is 0 Å². The maximum absolute atomic E-state index is 8.72. The molecule has 1 aliphatic rings. The molecule has 0 radical (unpaired) electrons. The molecule has 1 aromatic carbocycles. The lowest BCUT2D eigenvalue weighted by Gasteiger charge is -2.26.